The smallest absolute Gasteiger partial charge is 0.145 e. The molecule has 0 atom stereocenters. The van der Waals surface area contributed by atoms with Crippen molar-refractivity contribution in [3.05, 3.63) is 87.4 Å². The zero-order valence-corrected chi connectivity index (χ0v) is 14.8. The molecule has 3 nitrogen and oxygen atoms in total. The number of ether oxygens (including phenoxy) is 1. The van der Waals surface area contributed by atoms with E-state index in [1.165, 1.54) is 0 Å². The van der Waals surface area contributed by atoms with Crippen LogP contribution in [-0.2, 0) is 11.3 Å². The van der Waals surface area contributed by atoms with Crippen LogP contribution >= 0.6 is 34.8 Å². The lowest BCUT2D eigenvalue weighted by Crippen LogP contribution is -1.97. The van der Waals surface area contributed by atoms with Crippen molar-refractivity contribution in [3.63, 3.8) is 0 Å². The Morgan fingerprint density at radius 3 is 2.46 bits per heavy atom. The van der Waals surface area contributed by atoms with Gasteiger partial charge in [-0.1, -0.05) is 46.9 Å². The summed E-state index contributed by atoms with van der Waals surface area (Å²) in [7, 11) is 0. The van der Waals surface area contributed by atoms with E-state index in [2.05, 4.69) is 4.98 Å². The molecule has 0 amide bonds. The van der Waals surface area contributed by atoms with Crippen molar-refractivity contribution in [2.45, 2.75) is 6.61 Å². The van der Waals surface area contributed by atoms with E-state index >= 15 is 0 Å². The lowest BCUT2D eigenvalue weighted by atomic mass is 10.2. The molecule has 0 spiro atoms. The van der Waals surface area contributed by atoms with Crippen molar-refractivity contribution in [2.24, 2.45) is 0 Å². The van der Waals surface area contributed by atoms with Gasteiger partial charge in [0.25, 0.3) is 0 Å². The van der Waals surface area contributed by atoms with Gasteiger partial charge in [0.05, 0.1) is 17.5 Å². The monoisotopic (exact) mass is 378 g/mol. The van der Waals surface area contributed by atoms with Gasteiger partial charge in [0, 0.05) is 28.0 Å². The molecule has 0 fully saturated rings. The Labute approximate surface area is 155 Å². The summed E-state index contributed by atoms with van der Waals surface area (Å²) in [5.74, 6) is 0.615. The molecule has 6 heteroatoms. The number of rotatable bonds is 5. The summed E-state index contributed by atoms with van der Waals surface area (Å²) in [5, 5.41) is 1.78. The third kappa shape index (κ3) is 4.32. The number of benzene rings is 2. The number of hydrogen-bond donors (Lipinski definition) is 0. The van der Waals surface area contributed by atoms with Gasteiger partial charge < -0.3 is 9.30 Å². The molecule has 1 aromatic heterocycles. The molecule has 2 aromatic carbocycles. The Hall–Kier alpha value is -1.94. The van der Waals surface area contributed by atoms with Crippen molar-refractivity contribution in [1.82, 2.24) is 9.55 Å². The number of aromatic nitrogens is 2. The molecule has 122 valence electrons. The highest BCUT2D eigenvalue weighted by Gasteiger charge is 2.10. The molecule has 0 saturated heterocycles. The molecule has 0 aliphatic rings. The van der Waals surface area contributed by atoms with E-state index in [0.717, 1.165) is 11.1 Å². The maximum atomic E-state index is 6.32. The van der Waals surface area contributed by atoms with Crippen molar-refractivity contribution in [1.29, 1.82) is 0 Å². The zero-order chi connectivity index (χ0) is 16.9. The Morgan fingerprint density at radius 1 is 1.04 bits per heavy atom. The van der Waals surface area contributed by atoms with E-state index in [4.69, 9.17) is 39.5 Å². The Kier molecular flexibility index (Phi) is 5.46. The van der Waals surface area contributed by atoms with E-state index < -0.39 is 0 Å². The summed E-state index contributed by atoms with van der Waals surface area (Å²) in [6, 6.07) is 12.8. The summed E-state index contributed by atoms with van der Waals surface area (Å²) >= 11 is 18.2. The molecule has 0 radical (unpaired) electrons. The number of halogens is 3. The summed E-state index contributed by atoms with van der Waals surface area (Å²) < 4.78 is 7.78. The minimum absolute atomic E-state index is 0.386. The summed E-state index contributed by atoms with van der Waals surface area (Å²) in [6.45, 7) is 0.386. The van der Waals surface area contributed by atoms with E-state index in [0.29, 0.717) is 27.4 Å². The molecule has 0 aliphatic carbocycles. The third-order valence-electron chi connectivity index (χ3n) is 3.30. The summed E-state index contributed by atoms with van der Waals surface area (Å²) in [5.41, 5.74) is 1.75. The van der Waals surface area contributed by atoms with Crippen LogP contribution in [0.2, 0.25) is 15.1 Å². The number of nitrogens with zero attached hydrogens (tertiary/aromatic N) is 2. The molecule has 0 unspecified atom stereocenters. The molecule has 1 heterocycles. The van der Waals surface area contributed by atoms with Gasteiger partial charge in [-0.05, 0) is 35.9 Å². The van der Waals surface area contributed by atoms with Gasteiger partial charge in [0.1, 0.15) is 12.4 Å². The SMILES string of the molecule is Clc1ccc(CO/C(=C/n2ccnc2)c2ccc(Cl)cc2Cl)cc1. The normalized spacial score (nSPS) is 11.5. The minimum atomic E-state index is 0.386. The molecule has 24 heavy (non-hydrogen) atoms. The first-order chi connectivity index (χ1) is 11.6. The van der Waals surface area contributed by atoms with Gasteiger partial charge in [0.2, 0.25) is 0 Å². The maximum Gasteiger partial charge on any atom is 0.145 e. The maximum absolute atomic E-state index is 6.32. The van der Waals surface area contributed by atoms with Crippen LogP contribution in [0.4, 0.5) is 0 Å². The van der Waals surface area contributed by atoms with Crippen LogP contribution in [0.3, 0.4) is 0 Å². The number of imidazole rings is 1. The first-order valence-corrected chi connectivity index (χ1v) is 8.27. The molecule has 3 aromatic rings. The lowest BCUT2D eigenvalue weighted by Gasteiger charge is -2.13. The average Bonchev–Trinajstić information content (AvgIpc) is 3.06. The van der Waals surface area contributed by atoms with Crippen LogP contribution in [0.1, 0.15) is 11.1 Å². The minimum Gasteiger partial charge on any atom is -0.487 e. The molecule has 0 saturated carbocycles. The van der Waals surface area contributed by atoms with Crippen LogP contribution in [0, 0.1) is 0 Å². The van der Waals surface area contributed by atoms with Gasteiger partial charge in [-0.3, -0.25) is 0 Å². The van der Waals surface area contributed by atoms with Crippen LogP contribution in [-0.4, -0.2) is 9.55 Å². The molecular formula is C18H13Cl3N2O. The van der Waals surface area contributed by atoms with Gasteiger partial charge in [-0.2, -0.15) is 0 Å². The van der Waals surface area contributed by atoms with E-state index in [1.807, 2.05) is 42.7 Å². The summed E-state index contributed by atoms with van der Waals surface area (Å²) in [6.07, 6.45) is 7.00. The second kappa shape index (κ2) is 7.75. The zero-order valence-electron chi connectivity index (χ0n) is 12.5. The topological polar surface area (TPSA) is 27.1 Å². The van der Waals surface area contributed by atoms with Gasteiger partial charge in [-0.15, -0.1) is 0 Å². The fourth-order valence-corrected chi connectivity index (χ4v) is 2.72. The van der Waals surface area contributed by atoms with Crippen molar-refractivity contribution in [3.8, 4) is 0 Å². The van der Waals surface area contributed by atoms with Crippen LogP contribution in [0.15, 0.2) is 61.2 Å². The fourth-order valence-electron chi connectivity index (χ4n) is 2.10. The second-order valence-electron chi connectivity index (χ2n) is 5.04. The van der Waals surface area contributed by atoms with Crippen LogP contribution in [0.25, 0.3) is 12.0 Å². The predicted octanol–water partition coefficient (Wildman–Crippen LogP) is 6.02. The van der Waals surface area contributed by atoms with Crippen molar-refractivity contribution >= 4 is 46.8 Å². The molecule has 0 bridgehead atoms. The highest BCUT2D eigenvalue weighted by atomic mass is 35.5. The number of hydrogen-bond acceptors (Lipinski definition) is 2. The molecule has 3 rings (SSSR count). The van der Waals surface area contributed by atoms with Gasteiger partial charge in [-0.25, -0.2) is 4.98 Å². The first-order valence-electron chi connectivity index (χ1n) is 7.14. The molecule has 0 aliphatic heterocycles. The fraction of sp³-hybridized carbons (Fsp3) is 0.0556. The highest BCUT2D eigenvalue weighted by Crippen LogP contribution is 2.29. The third-order valence-corrected chi connectivity index (χ3v) is 4.10. The van der Waals surface area contributed by atoms with Crippen molar-refractivity contribution < 1.29 is 4.74 Å². The van der Waals surface area contributed by atoms with E-state index in [-0.39, 0.29) is 0 Å². The standard InChI is InChI=1S/C18H13Cl3N2O/c19-14-3-1-13(2-4-14)11-24-18(10-23-8-7-22-12-23)16-6-5-15(20)9-17(16)21/h1-10,12H,11H2/b18-10+. The van der Waals surface area contributed by atoms with Gasteiger partial charge in [0.15, 0.2) is 0 Å². The van der Waals surface area contributed by atoms with E-state index in [1.54, 1.807) is 29.2 Å². The summed E-state index contributed by atoms with van der Waals surface area (Å²) in [4.78, 5) is 4.03. The highest BCUT2D eigenvalue weighted by molar-refractivity contribution is 6.35. The second-order valence-corrected chi connectivity index (χ2v) is 6.32. The largest absolute Gasteiger partial charge is 0.487 e. The Balaban J connectivity index is 1.89. The predicted molar refractivity (Wildman–Crippen MR) is 99.1 cm³/mol. The average molecular weight is 380 g/mol. The lowest BCUT2D eigenvalue weighted by molar-refractivity contribution is 0.265. The van der Waals surface area contributed by atoms with E-state index in [9.17, 15) is 0 Å². The van der Waals surface area contributed by atoms with Crippen LogP contribution in [0.5, 0.6) is 0 Å². The first kappa shape index (κ1) is 16.9. The molecular weight excluding hydrogens is 367 g/mol. The molecule has 0 N–H and O–H groups in total. The Morgan fingerprint density at radius 2 is 1.79 bits per heavy atom. The van der Waals surface area contributed by atoms with Gasteiger partial charge >= 0.3 is 0 Å². The quantitative estimate of drug-likeness (QED) is 0.507. The Bertz CT molecular complexity index is 843. The van der Waals surface area contributed by atoms with Crippen LogP contribution < -0.4 is 0 Å². The van der Waals surface area contributed by atoms with Crippen molar-refractivity contribution in [2.75, 3.05) is 0 Å².